The summed E-state index contributed by atoms with van der Waals surface area (Å²) < 4.78 is 1.65. The monoisotopic (exact) mass is 344 g/mol. The maximum absolute atomic E-state index is 13.2. The molecule has 4 aromatic rings. The van der Waals surface area contributed by atoms with Gasteiger partial charge in [0, 0.05) is 18.3 Å². The van der Waals surface area contributed by atoms with Gasteiger partial charge in [-0.3, -0.25) is 9.48 Å². The Morgan fingerprint density at radius 2 is 2.04 bits per heavy atom. The molecule has 0 fully saturated rings. The molecule has 3 aromatic heterocycles. The molecule has 7 nitrogen and oxygen atoms in total. The molecule has 26 heavy (non-hydrogen) atoms. The molecule has 3 heterocycles. The van der Waals surface area contributed by atoms with E-state index in [0.29, 0.717) is 33.8 Å². The van der Waals surface area contributed by atoms with Crippen molar-refractivity contribution in [2.45, 2.75) is 19.8 Å². The number of ketones is 1. The number of carbonyl (C=O) groups excluding carboxylic acids is 1. The van der Waals surface area contributed by atoms with E-state index < -0.39 is 5.92 Å². The van der Waals surface area contributed by atoms with Crippen LogP contribution in [0.5, 0.6) is 0 Å². The van der Waals surface area contributed by atoms with E-state index in [-0.39, 0.29) is 5.78 Å². The van der Waals surface area contributed by atoms with Crippen molar-refractivity contribution in [2.75, 3.05) is 0 Å². The second-order valence-corrected chi connectivity index (χ2v) is 6.28. The average Bonchev–Trinajstić information content (AvgIpc) is 3.16. The molecule has 0 aliphatic heterocycles. The van der Waals surface area contributed by atoms with Gasteiger partial charge in [-0.2, -0.15) is 10.4 Å². The minimum Gasteiger partial charge on any atom is -0.340 e. The number of nitrogens with zero attached hydrogens (tertiary/aromatic N) is 5. The van der Waals surface area contributed by atoms with Crippen LogP contribution in [0.15, 0.2) is 30.3 Å². The largest absolute Gasteiger partial charge is 0.340 e. The Balaban J connectivity index is 1.88. The lowest BCUT2D eigenvalue weighted by Gasteiger charge is -2.08. The third-order valence-corrected chi connectivity index (χ3v) is 4.43. The fraction of sp³-hybridized carbons (Fsp3) is 0.211. The van der Waals surface area contributed by atoms with Gasteiger partial charge in [-0.05, 0) is 32.0 Å². The van der Waals surface area contributed by atoms with Crippen LogP contribution in [0.4, 0.5) is 0 Å². The van der Waals surface area contributed by atoms with Gasteiger partial charge in [-0.1, -0.05) is 12.1 Å². The van der Waals surface area contributed by atoms with Crippen molar-refractivity contribution in [2.24, 2.45) is 7.05 Å². The average molecular weight is 344 g/mol. The van der Waals surface area contributed by atoms with Gasteiger partial charge in [0.2, 0.25) is 0 Å². The lowest BCUT2D eigenvalue weighted by Crippen LogP contribution is -2.14. The minimum atomic E-state index is -1.02. The van der Waals surface area contributed by atoms with Gasteiger partial charge in [0.1, 0.15) is 5.82 Å². The van der Waals surface area contributed by atoms with Gasteiger partial charge < -0.3 is 4.98 Å². The molecule has 0 saturated heterocycles. The SMILES string of the molecule is Cc1cc(C(=O)C(C#N)c2nc3ccccc3[nH]2)c2c(C)nn(C)c2n1. The molecule has 1 atom stereocenters. The molecule has 1 aromatic carbocycles. The molecular weight excluding hydrogens is 328 g/mol. The number of aromatic nitrogens is 5. The first-order chi connectivity index (χ1) is 12.5. The molecule has 0 aliphatic rings. The van der Waals surface area contributed by atoms with E-state index in [0.717, 1.165) is 11.0 Å². The second kappa shape index (κ2) is 5.77. The van der Waals surface area contributed by atoms with Crippen molar-refractivity contribution in [1.82, 2.24) is 24.7 Å². The van der Waals surface area contributed by atoms with Crippen molar-refractivity contribution in [1.29, 1.82) is 5.26 Å². The van der Waals surface area contributed by atoms with Gasteiger partial charge in [-0.15, -0.1) is 0 Å². The zero-order chi connectivity index (χ0) is 18.4. The molecule has 0 bridgehead atoms. The van der Waals surface area contributed by atoms with Crippen LogP contribution in [0.3, 0.4) is 0 Å². The number of benzene rings is 1. The van der Waals surface area contributed by atoms with Crippen molar-refractivity contribution in [3.8, 4) is 6.07 Å². The van der Waals surface area contributed by atoms with E-state index in [2.05, 4.69) is 26.1 Å². The predicted octanol–water partition coefficient (Wildman–Crippen LogP) is 2.95. The molecule has 0 radical (unpaired) electrons. The van der Waals surface area contributed by atoms with Crippen LogP contribution in [0.25, 0.3) is 22.1 Å². The number of aryl methyl sites for hydroxylation is 3. The quantitative estimate of drug-likeness (QED) is 0.576. The van der Waals surface area contributed by atoms with Gasteiger partial charge in [0.25, 0.3) is 0 Å². The number of para-hydroxylation sites is 2. The summed E-state index contributed by atoms with van der Waals surface area (Å²) in [5, 5.41) is 14.7. The molecule has 7 heteroatoms. The van der Waals surface area contributed by atoms with E-state index in [1.165, 1.54) is 0 Å². The number of carbonyl (C=O) groups is 1. The van der Waals surface area contributed by atoms with E-state index in [9.17, 15) is 10.1 Å². The van der Waals surface area contributed by atoms with Crippen LogP contribution in [0, 0.1) is 25.2 Å². The number of hydrogen-bond acceptors (Lipinski definition) is 5. The maximum atomic E-state index is 13.2. The first-order valence-electron chi connectivity index (χ1n) is 8.19. The molecule has 4 rings (SSSR count). The Kier molecular flexibility index (Phi) is 3.55. The summed E-state index contributed by atoms with van der Waals surface area (Å²) in [7, 11) is 1.79. The standard InChI is InChI=1S/C19H16N6O/c1-10-8-12(16-11(2)24-25(3)19(16)21-10)17(26)13(9-20)18-22-14-6-4-5-7-15(14)23-18/h4-8,13H,1-3H3,(H,22,23). The number of aromatic amines is 1. The normalized spacial score (nSPS) is 12.4. The summed E-state index contributed by atoms with van der Waals surface area (Å²) in [5.74, 6) is -0.979. The van der Waals surface area contributed by atoms with E-state index in [1.54, 1.807) is 17.8 Å². The predicted molar refractivity (Wildman–Crippen MR) is 96.8 cm³/mol. The summed E-state index contributed by atoms with van der Waals surface area (Å²) in [5.41, 5.74) is 4.01. The highest BCUT2D eigenvalue weighted by Gasteiger charge is 2.28. The fourth-order valence-corrected chi connectivity index (χ4v) is 3.27. The van der Waals surface area contributed by atoms with Crippen LogP contribution in [-0.4, -0.2) is 30.5 Å². The number of rotatable bonds is 3. The van der Waals surface area contributed by atoms with Crippen molar-refractivity contribution >= 4 is 27.9 Å². The molecule has 1 N–H and O–H groups in total. The Bertz CT molecular complexity index is 1180. The van der Waals surface area contributed by atoms with Gasteiger partial charge in [-0.25, -0.2) is 9.97 Å². The molecule has 128 valence electrons. The Hall–Kier alpha value is -3.53. The van der Waals surface area contributed by atoms with Crippen LogP contribution in [-0.2, 0) is 7.05 Å². The third kappa shape index (κ3) is 2.35. The summed E-state index contributed by atoms with van der Waals surface area (Å²) in [6.45, 7) is 3.65. The number of pyridine rings is 1. The van der Waals surface area contributed by atoms with E-state index in [1.807, 2.05) is 38.1 Å². The number of nitriles is 1. The second-order valence-electron chi connectivity index (χ2n) is 6.28. The van der Waals surface area contributed by atoms with Crippen LogP contribution >= 0.6 is 0 Å². The van der Waals surface area contributed by atoms with Crippen LogP contribution in [0.2, 0.25) is 0 Å². The molecule has 0 aliphatic carbocycles. The lowest BCUT2D eigenvalue weighted by molar-refractivity contribution is 0.0978. The molecule has 0 spiro atoms. The molecular formula is C19H16N6O. The number of nitrogens with one attached hydrogen (secondary N) is 1. The van der Waals surface area contributed by atoms with Crippen LogP contribution < -0.4 is 0 Å². The first-order valence-corrected chi connectivity index (χ1v) is 8.19. The van der Waals surface area contributed by atoms with Crippen molar-refractivity contribution in [3.05, 3.63) is 53.1 Å². The molecule has 0 amide bonds. The van der Waals surface area contributed by atoms with Crippen molar-refractivity contribution in [3.63, 3.8) is 0 Å². The summed E-state index contributed by atoms with van der Waals surface area (Å²) >= 11 is 0. The highest BCUT2D eigenvalue weighted by atomic mass is 16.1. The van der Waals surface area contributed by atoms with Gasteiger partial charge in [0.15, 0.2) is 17.3 Å². The van der Waals surface area contributed by atoms with Gasteiger partial charge >= 0.3 is 0 Å². The number of fused-ring (bicyclic) bond motifs is 2. The Labute approximate surface area is 149 Å². The number of imidazole rings is 1. The number of H-pyrrole nitrogens is 1. The summed E-state index contributed by atoms with van der Waals surface area (Å²) in [6, 6.07) is 11.3. The zero-order valence-corrected chi connectivity index (χ0v) is 14.6. The maximum Gasteiger partial charge on any atom is 0.188 e. The summed E-state index contributed by atoms with van der Waals surface area (Å²) in [6.07, 6.45) is 0. The van der Waals surface area contributed by atoms with Crippen molar-refractivity contribution < 1.29 is 4.79 Å². The number of hydrogen-bond donors (Lipinski definition) is 1. The molecule has 1 unspecified atom stereocenters. The highest BCUT2D eigenvalue weighted by molar-refractivity contribution is 6.11. The van der Waals surface area contributed by atoms with Gasteiger partial charge in [0.05, 0.1) is 28.2 Å². The minimum absolute atomic E-state index is 0.307. The fourth-order valence-electron chi connectivity index (χ4n) is 3.27. The summed E-state index contributed by atoms with van der Waals surface area (Å²) in [4.78, 5) is 25.2. The Morgan fingerprint density at radius 3 is 2.77 bits per heavy atom. The molecule has 0 saturated carbocycles. The lowest BCUT2D eigenvalue weighted by atomic mass is 9.95. The topological polar surface area (TPSA) is 100 Å². The van der Waals surface area contributed by atoms with Crippen LogP contribution in [0.1, 0.15) is 33.5 Å². The van der Waals surface area contributed by atoms with E-state index in [4.69, 9.17) is 0 Å². The smallest absolute Gasteiger partial charge is 0.188 e. The highest BCUT2D eigenvalue weighted by Crippen LogP contribution is 2.27. The zero-order valence-electron chi connectivity index (χ0n) is 14.6. The first kappa shape index (κ1) is 16.0. The number of Topliss-reactive ketones (excluding diaryl/α,β-unsaturated/α-hetero) is 1. The Morgan fingerprint density at radius 1 is 1.27 bits per heavy atom. The van der Waals surface area contributed by atoms with E-state index >= 15 is 0 Å². The third-order valence-electron chi connectivity index (χ3n) is 4.43.